The Morgan fingerprint density at radius 3 is 2.59 bits per heavy atom. The van der Waals surface area contributed by atoms with Gasteiger partial charge in [-0.15, -0.1) is 0 Å². The molecule has 3 saturated carbocycles. The molecule has 1 amide bonds. The van der Waals surface area contributed by atoms with E-state index in [0.29, 0.717) is 30.0 Å². The summed E-state index contributed by atoms with van der Waals surface area (Å²) < 4.78 is 44.9. The van der Waals surface area contributed by atoms with Crippen LogP contribution in [0.15, 0.2) is 12.1 Å². The molecular formula is C22H30F3N5O2. The Hall–Kier alpha value is -1.88. The SMILES string of the molecule is CC1CC2C(N[C@@H]3C[C@H](NC(=O)COc4cc(F)c(F)c(F)c4)C4CC3C4)NCCN2N1. The molecule has 32 heavy (non-hydrogen) atoms. The van der Waals surface area contributed by atoms with Gasteiger partial charge in [-0.2, -0.15) is 0 Å². The molecule has 2 bridgehead atoms. The number of fused-ring (bicyclic) bond motifs is 3. The number of carbonyl (C=O) groups is 1. The normalized spacial score (nSPS) is 36.3. The lowest BCUT2D eigenvalue weighted by atomic mass is 9.60. The first-order chi connectivity index (χ1) is 15.4. The van der Waals surface area contributed by atoms with Crippen LogP contribution in [0.3, 0.4) is 0 Å². The Morgan fingerprint density at radius 2 is 1.84 bits per heavy atom. The summed E-state index contributed by atoms with van der Waals surface area (Å²) in [7, 11) is 0. The maximum atomic E-state index is 13.3. The fourth-order valence-electron chi connectivity index (χ4n) is 5.76. The van der Waals surface area contributed by atoms with Gasteiger partial charge in [-0.05, 0) is 44.4 Å². The third-order valence-electron chi connectivity index (χ3n) is 7.41. The number of amides is 1. The highest BCUT2D eigenvalue weighted by atomic mass is 19.2. The Labute approximate surface area is 185 Å². The molecule has 3 unspecified atom stereocenters. The van der Waals surface area contributed by atoms with Gasteiger partial charge in [0, 0.05) is 43.3 Å². The van der Waals surface area contributed by atoms with E-state index in [1.54, 1.807) is 0 Å². The molecule has 2 saturated heterocycles. The molecule has 0 spiro atoms. The molecule has 2 heterocycles. The summed E-state index contributed by atoms with van der Waals surface area (Å²) in [5, 5.41) is 12.8. The Kier molecular flexibility index (Phi) is 6.04. The van der Waals surface area contributed by atoms with Crippen molar-refractivity contribution in [1.29, 1.82) is 0 Å². The first kappa shape index (κ1) is 21.9. The topological polar surface area (TPSA) is 77.7 Å². The summed E-state index contributed by atoms with van der Waals surface area (Å²) in [6.45, 7) is 3.74. The van der Waals surface area contributed by atoms with Gasteiger partial charge >= 0.3 is 0 Å². The Bertz CT molecular complexity index is 845. The molecule has 5 atom stereocenters. The van der Waals surface area contributed by atoms with Gasteiger partial charge in [0.15, 0.2) is 24.1 Å². The summed E-state index contributed by atoms with van der Waals surface area (Å²) in [5.74, 6) is -3.73. The lowest BCUT2D eigenvalue weighted by molar-refractivity contribution is -0.125. The molecule has 1 aromatic carbocycles. The van der Waals surface area contributed by atoms with Crippen LogP contribution in [-0.2, 0) is 4.79 Å². The van der Waals surface area contributed by atoms with Crippen LogP contribution in [-0.4, -0.2) is 60.9 Å². The van der Waals surface area contributed by atoms with Gasteiger partial charge in [-0.25, -0.2) is 18.2 Å². The van der Waals surface area contributed by atoms with E-state index in [-0.39, 0.29) is 30.5 Å². The molecule has 5 fully saturated rings. The molecular weight excluding hydrogens is 423 g/mol. The number of hydrazine groups is 1. The zero-order chi connectivity index (χ0) is 22.4. The molecule has 1 aromatic rings. The number of nitrogens with zero attached hydrogens (tertiary/aromatic N) is 1. The van der Waals surface area contributed by atoms with E-state index in [0.717, 1.165) is 50.9 Å². The zero-order valence-electron chi connectivity index (χ0n) is 18.0. The van der Waals surface area contributed by atoms with E-state index in [1.807, 2.05) is 0 Å². The van der Waals surface area contributed by atoms with Crippen molar-refractivity contribution in [2.45, 2.75) is 62.9 Å². The lowest BCUT2D eigenvalue weighted by Gasteiger charge is -2.53. The monoisotopic (exact) mass is 453 g/mol. The summed E-state index contributed by atoms with van der Waals surface area (Å²) in [6.07, 6.45) is 4.30. The number of carbonyl (C=O) groups excluding carboxylic acids is 1. The highest BCUT2D eigenvalue weighted by Crippen LogP contribution is 2.46. The van der Waals surface area contributed by atoms with Crippen molar-refractivity contribution in [3.8, 4) is 5.75 Å². The van der Waals surface area contributed by atoms with E-state index in [1.165, 1.54) is 0 Å². The number of nitrogens with one attached hydrogen (secondary N) is 4. The van der Waals surface area contributed by atoms with E-state index in [4.69, 9.17) is 4.74 Å². The third-order valence-corrected chi connectivity index (χ3v) is 7.41. The van der Waals surface area contributed by atoms with E-state index in [9.17, 15) is 18.0 Å². The van der Waals surface area contributed by atoms with Crippen molar-refractivity contribution >= 4 is 5.91 Å². The Balaban J connectivity index is 1.14. The largest absolute Gasteiger partial charge is 0.484 e. The van der Waals surface area contributed by atoms with E-state index in [2.05, 4.69) is 33.3 Å². The minimum Gasteiger partial charge on any atom is -0.484 e. The highest BCUT2D eigenvalue weighted by Gasteiger charge is 2.48. The summed E-state index contributed by atoms with van der Waals surface area (Å²) >= 11 is 0. The first-order valence-electron chi connectivity index (χ1n) is 11.5. The third kappa shape index (κ3) is 4.33. The second-order valence-electron chi connectivity index (χ2n) is 9.62. The zero-order valence-corrected chi connectivity index (χ0v) is 18.0. The van der Waals surface area contributed by atoms with Crippen LogP contribution in [0.4, 0.5) is 13.2 Å². The number of benzene rings is 1. The molecule has 2 aliphatic heterocycles. The van der Waals surface area contributed by atoms with Crippen molar-refractivity contribution in [2.24, 2.45) is 11.8 Å². The summed E-state index contributed by atoms with van der Waals surface area (Å²) in [6, 6.07) is 2.72. The number of piperazine rings is 1. The number of halogens is 3. The van der Waals surface area contributed by atoms with Crippen LogP contribution in [0, 0.1) is 29.3 Å². The van der Waals surface area contributed by atoms with Crippen molar-refractivity contribution in [3.63, 3.8) is 0 Å². The van der Waals surface area contributed by atoms with E-state index < -0.39 is 17.5 Å². The van der Waals surface area contributed by atoms with Crippen LogP contribution < -0.4 is 26.1 Å². The molecule has 6 rings (SSSR count). The van der Waals surface area contributed by atoms with Crippen LogP contribution in [0.2, 0.25) is 0 Å². The molecule has 5 aliphatic rings. The van der Waals surface area contributed by atoms with Gasteiger partial charge in [-0.3, -0.25) is 20.9 Å². The molecule has 10 heteroatoms. The van der Waals surface area contributed by atoms with Crippen LogP contribution in [0.1, 0.15) is 32.6 Å². The fraction of sp³-hybridized carbons (Fsp3) is 0.682. The molecule has 3 aliphatic carbocycles. The second kappa shape index (κ2) is 8.81. The highest BCUT2D eigenvalue weighted by molar-refractivity contribution is 5.78. The van der Waals surface area contributed by atoms with Crippen molar-refractivity contribution < 1.29 is 22.7 Å². The average Bonchev–Trinajstić information content (AvgIpc) is 3.10. The maximum absolute atomic E-state index is 13.3. The number of rotatable bonds is 6. The number of ether oxygens (including phenoxy) is 1. The van der Waals surface area contributed by atoms with Gasteiger partial charge in [0.2, 0.25) is 0 Å². The van der Waals surface area contributed by atoms with Gasteiger partial charge in [0.05, 0.1) is 12.2 Å². The fourth-order valence-corrected chi connectivity index (χ4v) is 5.76. The van der Waals surface area contributed by atoms with Gasteiger partial charge in [0.1, 0.15) is 5.75 Å². The molecule has 0 aromatic heterocycles. The van der Waals surface area contributed by atoms with Crippen molar-refractivity contribution in [3.05, 3.63) is 29.6 Å². The number of hydrogen-bond donors (Lipinski definition) is 4. The van der Waals surface area contributed by atoms with Crippen LogP contribution >= 0.6 is 0 Å². The molecule has 4 N–H and O–H groups in total. The standard InChI is InChI=1S/C22H30F3N5O2/c1-11-4-19-22(26-2-3-30(19)29-11)28-18-9-17(12-5-13(18)6-12)27-20(31)10-32-14-7-15(23)21(25)16(24)8-14/h7-8,11-13,17-19,22,26,28-29H,2-6,9-10H2,1H3,(H,27,31)/t11?,12?,13?,17-,18+,19?,22?/m0/s1. The quantitative estimate of drug-likeness (QED) is 0.486. The molecule has 0 radical (unpaired) electrons. The van der Waals surface area contributed by atoms with Crippen LogP contribution in [0.5, 0.6) is 5.75 Å². The van der Waals surface area contributed by atoms with Crippen LogP contribution in [0.25, 0.3) is 0 Å². The predicted molar refractivity (Wildman–Crippen MR) is 111 cm³/mol. The maximum Gasteiger partial charge on any atom is 0.258 e. The first-order valence-corrected chi connectivity index (χ1v) is 11.5. The minimum absolute atomic E-state index is 0.0376. The van der Waals surface area contributed by atoms with Gasteiger partial charge in [0.25, 0.3) is 5.91 Å². The molecule has 176 valence electrons. The number of hydrogen-bond acceptors (Lipinski definition) is 6. The molecule has 7 nitrogen and oxygen atoms in total. The van der Waals surface area contributed by atoms with E-state index >= 15 is 0 Å². The predicted octanol–water partition coefficient (Wildman–Crippen LogP) is 1.25. The van der Waals surface area contributed by atoms with Gasteiger partial charge < -0.3 is 10.1 Å². The van der Waals surface area contributed by atoms with Gasteiger partial charge in [-0.1, -0.05) is 0 Å². The summed E-state index contributed by atoms with van der Waals surface area (Å²) in [4.78, 5) is 12.4. The Morgan fingerprint density at radius 1 is 1.12 bits per heavy atom. The minimum atomic E-state index is -1.56. The second-order valence-corrected chi connectivity index (χ2v) is 9.62. The average molecular weight is 454 g/mol. The van der Waals surface area contributed by atoms with Crippen molar-refractivity contribution in [1.82, 2.24) is 26.4 Å². The summed E-state index contributed by atoms with van der Waals surface area (Å²) in [5.41, 5.74) is 3.53. The smallest absolute Gasteiger partial charge is 0.258 e. The lowest BCUT2D eigenvalue weighted by Crippen LogP contribution is -2.68. The van der Waals surface area contributed by atoms with Crippen molar-refractivity contribution in [2.75, 3.05) is 19.7 Å².